The maximum Gasteiger partial charge on any atom is 0.0595 e. The summed E-state index contributed by atoms with van der Waals surface area (Å²) in [6.45, 7) is 3.34. The number of nitrogens with one attached hydrogen (secondary N) is 1. The summed E-state index contributed by atoms with van der Waals surface area (Å²) in [6, 6.07) is 6.70. The van der Waals surface area contributed by atoms with Crippen LogP contribution in [0.15, 0.2) is 18.2 Å². The molecule has 1 aliphatic heterocycles. The Labute approximate surface area is 99.8 Å². The number of halogens is 2. The van der Waals surface area contributed by atoms with Crippen molar-refractivity contribution in [2.75, 3.05) is 6.54 Å². The fraction of sp³-hybridized carbons (Fsp3) is 0.500. The first kappa shape index (κ1) is 9.95. The molecule has 3 atom stereocenters. The highest BCUT2D eigenvalue weighted by Gasteiger charge is 2.61. The minimum Gasteiger partial charge on any atom is -0.313 e. The summed E-state index contributed by atoms with van der Waals surface area (Å²) in [4.78, 5) is 0. The maximum absolute atomic E-state index is 6.06. The molecular weight excluding hydrogens is 229 g/mol. The second kappa shape index (κ2) is 3.13. The van der Waals surface area contributed by atoms with Crippen molar-refractivity contribution in [3.63, 3.8) is 0 Å². The lowest BCUT2D eigenvalue weighted by molar-refractivity contribution is 0.578. The van der Waals surface area contributed by atoms with E-state index in [2.05, 4.69) is 18.3 Å². The van der Waals surface area contributed by atoms with Crippen molar-refractivity contribution < 1.29 is 0 Å². The minimum absolute atomic E-state index is 0.355. The van der Waals surface area contributed by atoms with Crippen molar-refractivity contribution in [1.29, 1.82) is 0 Å². The molecule has 1 saturated carbocycles. The summed E-state index contributed by atoms with van der Waals surface area (Å²) in [5, 5.41) is 4.84. The van der Waals surface area contributed by atoms with Crippen LogP contribution < -0.4 is 5.32 Å². The Morgan fingerprint density at radius 3 is 2.67 bits per heavy atom. The summed E-state index contributed by atoms with van der Waals surface area (Å²) >= 11 is 12.0. The van der Waals surface area contributed by atoms with Crippen molar-refractivity contribution in [3.8, 4) is 0 Å². The molecule has 80 valence electrons. The summed E-state index contributed by atoms with van der Waals surface area (Å²) in [5.74, 6) is 0.787. The van der Waals surface area contributed by atoms with Crippen molar-refractivity contribution in [2.24, 2.45) is 5.92 Å². The van der Waals surface area contributed by atoms with Gasteiger partial charge in [-0.05, 0) is 37.0 Å². The van der Waals surface area contributed by atoms with Gasteiger partial charge in [0.05, 0.1) is 10.0 Å². The van der Waals surface area contributed by atoms with Crippen LogP contribution in [0.25, 0.3) is 0 Å². The number of hydrogen-bond acceptors (Lipinski definition) is 1. The smallest absolute Gasteiger partial charge is 0.0595 e. The Bertz CT molecular complexity index is 418. The Morgan fingerprint density at radius 1 is 1.33 bits per heavy atom. The summed E-state index contributed by atoms with van der Waals surface area (Å²) in [5.41, 5.74) is 1.70. The first-order valence-corrected chi connectivity index (χ1v) is 6.08. The third-order valence-electron chi connectivity index (χ3n) is 3.97. The lowest BCUT2D eigenvalue weighted by Gasteiger charge is -2.12. The predicted octanol–water partition coefficient (Wildman–Crippen LogP) is 3.24. The molecule has 2 unspecified atom stereocenters. The first-order chi connectivity index (χ1) is 7.13. The molecule has 1 aromatic carbocycles. The lowest BCUT2D eigenvalue weighted by atomic mass is 9.94. The van der Waals surface area contributed by atoms with E-state index in [0.717, 1.165) is 12.5 Å². The second-order valence-corrected chi connectivity index (χ2v) is 5.58. The zero-order valence-corrected chi connectivity index (χ0v) is 10.1. The average Bonchev–Trinajstić information content (AvgIpc) is 2.88. The molecule has 1 aliphatic carbocycles. The minimum atomic E-state index is 0.355. The molecule has 3 heteroatoms. The molecule has 1 N–H and O–H groups in total. The van der Waals surface area contributed by atoms with E-state index in [1.54, 1.807) is 0 Å². The lowest BCUT2D eigenvalue weighted by Crippen LogP contribution is -2.24. The van der Waals surface area contributed by atoms with Gasteiger partial charge in [0, 0.05) is 18.0 Å². The van der Waals surface area contributed by atoms with Gasteiger partial charge in [-0.2, -0.15) is 0 Å². The zero-order chi connectivity index (χ0) is 10.6. The third kappa shape index (κ3) is 1.33. The van der Waals surface area contributed by atoms with Crippen LogP contribution in [0.1, 0.15) is 18.9 Å². The van der Waals surface area contributed by atoms with E-state index in [0.29, 0.717) is 21.5 Å². The Morgan fingerprint density at radius 2 is 2.13 bits per heavy atom. The topological polar surface area (TPSA) is 12.0 Å². The quantitative estimate of drug-likeness (QED) is 0.797. The van der Waals surface area contributed by atoms with Crippen LogP contribution in [0.3, 0.4) is 0 Å². The van der Waals surface area contributed by atoms with Crippen molar-refractivity contribution in [2.45, 2.75) is 24.8 Å². The van der Waals surface area contributed by atoms with Gasteiger partial charge in [-0.15, -0.1) is 0 Å². The fourth-order valence-electron chi connectivity index (χ4n) is 2.92. The molecule has 2 fully saturated rings. The van der Waals surface area contributed by atoms with Crippen molar-refractivity contribution in [3.05, 3.63) is 33.8 Å². The van der Waals surface area contributed by atoms with Crippen LogP contribution >= 0.6 is 23.2 Å². The van der Waals surface area contributed by atoms with Crippen molar-refractivity contribution >= 4 is 23.2 Å². The molecule has 2 aliphatic rings. The van der Waals surface area contributed by atoms with E-state index in [4.69, 9.17) is 23.2 Å². The molecule has 0 amide bonds. The monoisotopic (exact) mass is 241 g/mol. The molecule has 0 spiro atoms. The molecule has 1 nitrogen and oxygen atoms in total. The van der Waals surface area contributed by atoms with E-state index < -0.39 is 0 Å². The van der Waals surface area contributed by atoms with Gasteiger partial charge in [-0.1, -0.05) is 29.3 Å². The van der Waals surface area contributed by atoms with E-state index in [9.17, 15) is 0 Å². The summed E-state index contributed by atoms with van der Waals surface area (Å²) in [7, 11) is 0. The normalized spacial score (nSPS) is 37.8. The van der Waals surface area contributed by atoms with Crippen molar-refractivity contribution in [1.82, 2.24) is 5.32 Å². The van der Waals surface area contributed by atoms with Crippen LogP contribution in [0.2, 0.25) is 10.0 Å². The van der Waals surface area contributed by atoms with E-state index in [1.165, 1.54) is 12.0 Å². The Kier molecular flexibility index (Phi) is 2.08. The number of hydrogen-bond donors (Lipinski definition) is 1. The highest BCUT2D eigenvalue weighted by atomic mass is 35.5. The first-order valence-electron chi connectivity index (χ1n) is 5.32. The highest BCUT2D eigenvalue weighted by Crippen LogP contribution is 2.59. The summed E-state index contributed by atoms with van der Waals surface area (Å²) < 4.78 is 0. The van der Waals surface area contributed by atoms with Gasteiger partial charge in [-0.3, -0.25) is 0 Å². The van der Waals surface area contributed by atoms with E-state index in [-0.39, 0.29) is 0 Å². The van der Waals surface area contributed by atoms with Crippen LogP contribution in [-0.4, -0.2) is 12.6 Å². The molecule has 1 heterocycles. The average molecular weight is 242 g/mol. The van der Waals surface area contributed by atoms with Gasteiger partial charge in [0.25, 0.3) is 0 Å². The summed E-state index contributed by atoms with van der Waals surface area (Å²) in [6.07, 6.45) is 1.29. The van der Waals surface area contributed by atoms with Crippen LogP contribution in [0.5, 0.6) is 0 Å². The largest absolute Gasteiger partial charge is 0.313 e. The zero-order valence-electron chi connectivity index (χ0n) is 8.56. The van der Waals surface area contributed by atoms with Gasteiger partial charge in [0.2, 0.25) is 0 Å². The second-order valence-electron chi connectivity index (χ2n) is 4.77. The van der Waals surface area contributed by atoms with E-state index in [1.807, 2.05) is 12.1 Å². The molecule has 15 heavy (non-hydrogen) atoms. The van der Waals surface area contributed by atoms with Gasteiger partial charge in [-0.25, -0.2) is 0 Å². The Hall–Kier alpha value is -0.240. The SMILES string of the molecule is C[C@@H]1NCC2(c3ccc(Cl)c(Cl)c3)CC12. The highest BCUT2D eigenvalue weighted by molar-refractivity contribution is 6.42. The molecule has 3 rings (SSSR count). The van der Waals surface area contributed by atoms with Crippen LogP contribution in [0.4, 0.5) is 0 Å². The standard InChI is InChI=1S/C12H13Cl2N/c1-7-9-5-12(9,6-15-7)8-2-3-10(13)11(14)4-8/h2-4,7,9,15H,5-6H2,1H3/t7-,9?,12?/m0/s1. The molecule has 1 aromatic rings. The maximum atomic E-state index is 6.06. The Balaban J connectivity index is 1.98. The van der Waals surface area contributed by atoms with Gasteiger partial charge < -0.3 is 5.32 Å². The number of benzene rings is 1. The van der Waals surface area contributed by atoms with Crippen LogP contribution in [0, 0.1) is 5.92 Å². The number of fused-ring (bicyclic) bond motifs is 1. The number of piperidine rings is 1. The molecule has 0 radical (unpaired) electrons. The molecular formula is C12H13Cl2N. The van der Waals surface area contributed by atoms with E-state index >= 15 is 0 Å². The van der Waals surface area contributed by atoms with Gasteiger partial charge >= 0.3 is 0 Å². The molecule has 0 aromatic heterocycles. The molecule has 0 bridgehead atoms. The predicted molar refractivity (Wildman–Crippen MR) is 63.7 cm³/mol. The third-order valence-corrected chi connectivity index (χ3v) is 4.71. The van der Waals surface area contributed by atoms with Gasteiger partial charge in [0.1, 0.15) is 0 Å². The fourth-order valence-corrected chi connectivity index (χ4v) is 3.22. The molecule has 1 saturated heterocycles. The van der Waals surface area contributed by atoms with Crippen LogP contribution in [-0.2, 0) is 5.41 Å². The van der Waals surface area contributed by atoms with Gasteiger partial charge in [0.15, 0.2) is 0 Å². The number of rotatable bonds is 1.